The van der Waals surface area contributed by atoms with Crippen LogP contribution in [0.3, 0.4) is 0 Å². The van der Waals surface area contributed by atoms with Crippen molar-refractivity contribution in [2.24, 2.45) is 0 Å². The third kappa shape index (κ3) is 3.44. The van der Waals surface area contributed by atoms with Crippen molar-refractivity contribution >= 4 is 16.8 Å². The summed E-state index contributed by atoms with van der Waals surface area (Å²) in [6.07, 6.45) is 0. The van der Waals surface area contributed by atoms with E-state index in [1.165, 1.54) is 0 Å². The summed E-state index contributed by atoms with van der Waals surface area (Å²) in [7, 11) is 0. The molecule has 0 aliphatic heterocycles. The van der Waals surface area contributed by atoms with Crippen LogP contribution in [0.5, 0.6) is 0 Å². The van der Waals surface area contributed by atoms with E-state index < -0.39 is 0 Å². The molecule has 0 bridgehead atoms. The van der Waals surface area contributed by atoms with Crippen LogP contribution in [-0.2, 0) is 6.54 Å². The molecule has 3 aromatic rings. The van der Waals surface area contributed by atoms with Crippen molar-refractivity contribution < 1.29 is 9.90 Å². The normalized spacial score (nSPS) is 10.8. The maximum Gasteiger partial charge on any atom is 0.256 e. The first-order valence-electron chi connectivity index (χ1n) is 7.99. The predicted molar refractivity (Wildman–Crippen MR) is 94.7 cm³/mol. The number of hydrogen-bond acceptors (Lipinski definition) is 3. The first kappa shape index (κ1) is 16.1. The quantitative estimate of drug-likeness (QED) is 0.785. The molecule has 0 radical (unpaired) electrons. The van der Waals surface area contributed by atoms with Gasteiger partial charge >= 0.3 is 0 Å². The number of hydrogen-bond donors (Lipinski definition) is 1. The van der Waals surface area contributed by atoms with Crippen molar-refractivity contribution in [1.82, 2.24) is 9.88 Å². The van der Waals surface area contributed by atoms with E-state index in [1.54, 1.807) is 11.0 Å². The van der Waals surface area contributed by atoms with E-state index in [-0.39, 0.29) is 19.1 Å². The fourth-order valence-corrected chi connectivity index (χ4v) is 2.76. The van der Waals surface area contributed by atoms with E-state index in [1.807, 2.05) is 61.5 Å². The van der Waals surface area contributed by atoms with Gasteiger partial charge in [-0.15, -0.1) is 0 Å². The Morgan fingerprint density at radius 3 is 2.58 bits per heavy atom. The maximum atomic E-state index is 13.0. The number of rotatable bonds is 5. The van der Waals surface area contributed by atoms with Crippen LogP contribution in [0, 0.1) is 6.92 Å². The summed E-state index contributed by atoms with van der Waals surface area (Å²) >= 11 is 0. The fourth-order valence-electron chi connectivity index (χ4n) is 2.76. The summed E-state index contributed by atoms with van der Waals surface area (Å²) in [4.78, 5) is 19.2. The number of aliphatic hydroxyl groups excluding tert-OH is 1. The Balaban J connectivity index is 1.97. The zero-order valence-electron chi connectivity index (χ0n) is 13.6. The second kappa shape index (κ2) is 7.23. The smallest absolute Gasteiger partial charge is 0.256 e. The molecule has 0 spiro atoms. The number of para-hydroxylation sites is 1. The zero-order valence-corrected chi connectivity index (χ0v) is 13.6. The lowest BCUT2D eigenvalue weighted by molar-refractivity contribution is 0.0709. The van der Waals surface area contributed by atoms with Gasteiger partial charge in [-0.2, -0.15) is 0 Å². The number of aromatic nitrogens is 1. The van der Waals surface area contributed by atoms with E-state index in [4.69, 9.17) is 0 Å². The average Bonchev–Trinajstić information content (AvgIpc) is 2.61. The van der Waals surface area contributed by atoms with Crippen LogP contribution in [0.15, 0.2) is 60.7 Å². The van der Waals surface area contributed by atoms with Crippen molar-refractivity contribution in [3.8, 4) is 0 Å². The highest BCUT2D eigenvalue weighted by Gasteiger charge is 2.18. The second-order valence-electron chi connectivity index (χ2n) is 5.77. The minimum Gasteiger partial charge on any atom is -0.395 e. The summed E-state index contributed by atoms with van der Waals surface area (Å²) in [5, 5.41) is 10.3. The van der Waals surface area contributed by atoms with E-state index >= 15 is 0 Å². The summed E-state index contributed by atoms with van der Waals surface area (Å²) in [5.41, 5.74) is 3.18. The lowest BCUT2D eigenvalue weighted by atomic mass is 10.1. The van der Waals surface area contributed by atoms with Crippen LogP contribution in [0.2, 0.25) is 0 Å². The maximum absolute atomic E-state index is 13.0. The minimum atomic E-state index is -0.114. The molecule has 1 aromatic heterocycles. The third-order valence-corrected chi connectivity index (χ3v) is 3.96. The topological polar surface area (TPSA) is 53.4 Å². The van der Waals surface area contributed by atoms with Gasteiger partial charge in [0.05, 0.1) is 17.7 Å². The van der Waals surface area contributed by atoms with Crippen molar-refractivity contribution in [2.75, 3.05) is 13.2 Å². The SMILES string of the molecule is Cc1ccc2cccc(C(=O)N(CCO)Cc3ccccc3)c2n1. The van der Waals surface area contributed by atoms with Gasteiger partial charge in [0.15, 0.2) is 0 Å². The van der Waals surface area contributed by atoms with Crippen molar-refractivity contribution in [1.29, 1.82) is 0 Å². The molecule has 0 unspecified atom stereocenters. The molecule has 1 N–H and O–H groups in total. The average molecular weight is 320 g/mol. The monoisotopic (exact) mass is 320 g/mol. The Labute approximate surface area is 141 Å². The molecule has 3 rings (SSSR count). The molecule has 0 saturated carbocycles. The number of amides is 1. The number of aryl methyl sites for hydroxylation is 1. The lowest BCUT2D eigenvalue weighted by Gasteiger charge is -2.22. The van der Waals surface area contributed by atoms with Gasteiger partial charge in [-0.3, -0.25) is 9.78 Å². The van der Waals surface area contributed by atoms with Gasteiger partial charge < -0.3 is 10.0 Å². The van der Waals surface area contributed by atoms with Crippen LogP contribution in [0.1, 0.15) is 21.6 Å². The molecule has 0 aliphatic carbocycles. The highest BCUT2D eigenvalue weighted by molar-refractivity contribution is 6.05. The summed E-state index contributed by atoms with van der Waals surface area (Å²) in [5.74, 6) is -0.114. The Hall–Kier alpha value is -2.72. The van der Waals surface area contributed by atoms with E-state index in [0.29, 0.717) is 17.6 Å². The molecule has 0 aliphatic rings. The van der Waals surface area contributed by atoms with Crippen LogP contribution < -0.4 is 0 Å². The highest BCUT2D eigenvalue weighted by atomic mass is 16.3. The Morgan fingerprint density at radius 1 is 1.04 bits per heavy atom. The van der Waals surface area contributed by atoms with E-state index in [9.17, 15) is 9.90 Å². The summed E-state index contributed by atoms with van der Waals surface area (Å²) < 4.78 is 0. The van der Waals surface area contributed by atoms with Gasteiger partial charge in [0.1, 0.15) is 0 Å². The molecule has 24 heavy (non-hydrogen) atoms. The molecule has 4 nitrogen and oxygen atoms in total. The highest BCUT2D eigenvalue weighted by Crippen LogP contribution is 2.20. The van der Waals surface area contributed by atoms with Gasteiger partial charge in [0, 0.05) is 24.2 Å². The van der Waals surface area contributed by atoms with Crippen molar-refractivity contribution in [2.45, 2.75) is 13.5 Å². The molecule has 2 aromatic carbocycles. The molecule has 0 fully saturated rings. The fraction of sp³-hybridized carbons (Fsp3) is 0.200. The van der Waals surface area contributed by atoms with Gasteiger partial charge in [-0.25, -0.2) is 0 Å². The number of fused-ring (bicyclic) bond motifs is 1. The molecule has 0 atom stereocenters. The molecule has 1 amide bonds. The zero-order chi connectivity index (χ0) is 16.9. The standard InChI is InChI=1S/C20H20N2O2/c1-15-10-11-17-8-5-9-18(19(17)21-15)20(24)22(12-13-23)14-16-6-3-2-4-7-16/h2-11,23H,12-14H2,1H3. The van der Waals surface area contributed by atoms with Crippen LogP contribution in [0.4, 0.5) is 0 Å². The molecule has 0 saturated heterocycles. The summed E-state index contributed by atoms with van der Waals surface area (Å²) in [6, 6.07) is 19.3. The summed E-state index contributed by atoms with van der Waals surface area (Å²) in [6.45, 7) is 2.59. The molecule has 1 heterocycles. The molecular formula is C20H20N2O2. The number of aliphatic hydroxyl groups is 1. The van der Waals surface area contributed by atoms with Crippen molar-refractivity contribution in [3.05, 3.63) is 77.5 Å². The van der Waals surface area contributed by atoms with Crippen LogP contribution in [0.25, 0.3) is 10.9 Å². The number of pyridine rings is 1. The predicted octanol–water partition coefficient (Wildman–Crippen LogP) is 3.18. The first-order valence-corrected chi connectivity index (χ1v) is 7.99. The number of benzene rings is 2. The largest absolute Gasteiger partial charge is 0.395 e. The number of carbonyl (C=O) groups is 1. The van der Waals surface area contributed by atoms with Gasteiger partial charge in [0.2, 0.25) is 0 Å². The third-order valence-electron chi connectivity index (χ3n) is 3.96. The van der Waals surface area contributed by atoms with E-state index in [2.05, 4.69) is 4.98 Å². The second-order valence-corrected chi connectivity index (χ2v) is 5.77. The van der Waals surface area contributed by atoms with Gasteiger partial charge in [-0.05, 0) is 24.6 Å². The Morgan fingerprint density at radius 2 is 1.83 bits per heavy atom. The lowest BCUT2D eigenvalue weighted by Crippen LogP contribution is -2.33. The Kier molecular flexibility index (Phi) is 4.87. The minimum absolute atomic E-state index is 0.0736. The number of carbonyl (C=O) groups excluding carboxylic acids is 1. The molecule has 4 heteroatoms. The van der Waals surface area contributed by atoms with Crippen LogP contribution >= 0.6 is 0 Å². The van der Waals surface area contributed by atoms with Crippen molar-refractivity contribution in [3.63, 3.8) is 0 Å². The van der Waals surface area contributed by atoms with Gasteiger partial charge in [0.25, 0.3) is 5.91 Å². The molecular weight excluding hydrogens is 300 g/mol. The Bertz CT molecular complexity index is 847. The van der Waals surface area contributed by atoms with Crippen LogP contribution in [-0.4, -0.2) is 34.0 Å². The van der Waals surface area contributed by atoms with Gasteiger partial charge in [-0.1, -0.05) is 48.5 Å². The van der Waals surface area contributed by atoms with E-state index in [0.717, 1.165) is 16.6 Å². The first-order chi connectivity index (χ1) is 11.7. The molecule has 122 valence electrons. The number of nitrogens with zero attached hydrogens (tertiary/aromatic N) is 2.